The lowest BCUT2D eigenvalue weighted by atomic mass is 9.94. The van der Waals surface area contributed by atoms with Gasteiger partial charge < -0.3 is 15.4 Å². The standard InChI is InChI=1S/C17H26N2O2/c1-12-7-8-14(11-13(12)2)17-15(18)5-4-6-16(20)19(17)9-10-21-3/h7-8,11,15,17H,4-6,9-10,18H2,1-3H3. The van der Waals surface area contributed by atoms with Crippen molar-refractivity contribution in [1.29, 1.82) is 0 Å². The van der Waals surface area contributed by atoms with E-state index >= 15 is 0 Å². The van der Waals surface area contributed by atoms with Gasteiger partial charge in [-0.1, -0.05) is 18.2 Å². The topological polar surface area (TPSA) is 55.6 Å². The summed E-state index contributed by atoms with van der Waals surface area (Å²) in [6, 6.07) is 6.31. The van der Waals surface area contributed by atoms with Crippen LogP contribution in [0.3, 0.4) is 0 Å². The summed E-state index contributed by atoms with van der Waals surface area (Å²) in [5.41, 5.74) is 10.0. The number of nitrogens with two attached hydrogens (primary N) is 1. The largest absolute Gasteiger partial charge is 0.383 e. The summed E-state index contributed by atoms with van der Waals surface area (Å²) >= 11 is 0. The van der Waals surface area contributed by atoms with Crippen molar-refractivity contribution in [2.24, 2.45) is 5.73 Å². The van der Waals surface area contributed by atoms with Crippen LogP contribution in [0.1, 0.15) is 42.0 Å². The van der Waals surface area contributed by atoms with Crippen molar-refractivity contribution in [3.05, 3.63) is 34.9 Å². The van der Waals surface area contributed by atoms with Crippen LogP contribution < -0.4 is 5.73 Å². The molecule has 0 bridgehead atoms. The molecule has 1 aliphatic rings. The molecule has 1 heterocycles. The second-order valence-corrected chi connectivity index (χ2v) is 5.92. The molecule has 1 aliphatic heterocycles. The van der Waals surface area contributed by atoms with E-state index in [1.807, 2.05) is 4.90 Å². The molecule has 4 heteroatoms. The molecule has 0 aromatic heterocycles. The van der Waals surface area contributed by atoms with Crippen LogP contribution in [0.5, 0.6) is 0 Å². The summed E-state index contributed by atoms with van der Waals surface area (Å²) in [4.78, 5) is 14.3. The van der Waals surface area contributed by atoms with Gasteiger partial charge in [-0.25, -0.2) is 0 Å². The Morgan fingerprint density at radius 2 is 2.10 bits per heavy atom. The molecule has 1 fully saturated rings. The molecule has 1 saturated heterocycles. The molecule has 0 saturated carbocycles. The normalized spacial score (nSPS) is 23.2. The van der Waals surface area contributed by atoms with Crippen LogP contribution in [-0.4, -0.2) is 37.1 Å². The zero-order chi connectivity index (χ0) is 15.4. The summed E-state index contributed by atoms with van der Waals surface area (Å²) in [6.07, 6.45) is 2.33. The van der Waals surface area contributed by atoms with Crippen molar-refractivity contribution in [2.75, 3.05) is 20.3 Å². The summed E-state index contributed by atoms with van der Waals surface area (Å²) in [5.74, 6) is 0.184. The Labute approximate surface area is 127 Å². The van der Waals surface area contributed by atoms with Crippen LogP contribution in [-0.2, 0) is 9.53 Å². The van der Waals surface area contributed by atoms with Crippen LogP contribution in [0.25, 0.3) is 0 Å². The van der Waals surface area contributed by atoms with Crippen molar-refractivity contribution >= 4 is 5.91 Å². The van der Waals surface area contributed by atoms with Crippen LogP contribution in [0.2, 0.25) is 0 Å². The number of hydrogen-bond acceptors (Lipinski definition) is 3. The number of carbonyl (C=O) groups excluding carboxylic acids is 1. The number of likely N-dealkylation sites (tertiary alicyclic amines) is 1. The highest BCUT2D eigenvalue weighted by molar-refractivity contribution is 5.77. The first-order chi connectivity index (χ1) is 10.0. The Morgan fingerprint density at radius 3 is 2.76 bits per heavy atom. The number of methoxy groups -OCH3 is 1. The molecule has 2 atom stereocenters. The van der Waals surface area contributed by atoms with Gasteiger partial charge in [-0.15, -0.1) is 0 Å². The van der Waals surface area contributed by atoms with Crippen molar-refractivity contribution in [2.45, 2.75) is 45.2 Å². The number of nitrogens with zero attached hydrogens (tertiary/aromatic N) is 1. The Hall–Kier alpha value is -1.39. The number of aryl methyl sites for hydroxylation is 2. The minimum absolute atomic E-state index is 0.0181. The third kappa shape index (κ3) is 3.63. The van der Waals surface area contributed by atoms with Gasteiger partial charge in [-0.05, 0) is 43.4 Å². The van der Waals surface area contributed by atoms with E-state index in [1.54, 1.807) is 7.11 Å². The van der Waals surface area contributed by atoms with E-state index in [1.165, 1.54) is 11.1 Å². The molecule has 0 spiro atoms. The third-order valence-corrected chi connectivity index (χ3v) is 4.40. The smallest absolute Gasteiger partial charge is 0.223 e. The second-order valence-electron chi connectivity index (χ2n) is 5.92. The predicted octanol–water partition coefficient (Wildman–Crippen LogP) is 2.33. The molecule has 0 aliphatic carbocycles. The van der Waals surface area contributed by atoms with E-state index in [2.05, 4.69) is 32.0 Å². The van der Waals surface area contributed by atoms with Crippen molar-refractivity contribution in [3.63, 3.8) is 0 Å². The van der Waals surface area contributed by atoms with Crippen LogP contribution in [0, 0.1) is 13.8 Å². The number of benzene rings is 1. The molecule has 2 unspecified atom stereocenters. The van der Waals surface area contributed by atoms with E-state index in [4.69, 9.17) is 10.5 Å². The Kier molecular flexibility index (Phi) is 5.37. The fourth-order valence-electron chi connectivity index (χ4n) is 3.01. The fourth-order valence-corrected chi connectivity index (χ4v) is 3.01. The SMILES string of the molecule is COCCN1C(=O)CCCC(N)C1c1ccc(C)c(C)c1. The summed E-state index contributed by atoms with van der Waals surface area (Å²) < 4.78 is 5.16. The maximum atomic E-state index is 12.4. The van der Waals surface area contributed by atoms with E-state index in [0.29, 0.717) is 19.6 Å². The summed E-state index contributed by atoms with van der Waals surface area (Å²) in [6.45, 7) is 5.34. The molecule has 4 nitrogen and oxygen atoms in total. The van der Waals surface area contributed by atoms with E-state index in [-0.39, 0.29) is 18.0 Å². The first-order valence-electron chi connectivity index (χ1n) is 7.65. The van der Waals surface area contributed by atoms with E-state index in [9.17, 15) is 4.79 Å². The minimum atomic E-state index is -0.0468. The molecule has 1 amide bonds. The first kappa shape index (κ1) is 16.0. The molecule has 116 valence electrons. The maximum absolute atomic E-state index is 12.4. The Balaban J connectivity index is 2.36. The Morgan fingerprint density at radius 1 is 1.33 bits per heavy atom. The zero-order valence-electron chi connectivity index (χ0n) is 13.3. The lowest BCUT2D eigenvalue weighted by molar-refractivity contribution is -0.134. The van der Waals surface area contributed by atoms with Crippen molar-refractivity contribution in [1.82, 2.24) is 4.90 Å². The number of rotatable bonds is 4. The van der Waals surface area contributed by atoms with E-state index < -0.39 is 0 Å². The molecule has 2 N–H and O–H groups in total. The molecular weight excluding hydrogens is 264 g/mol. The van der Waals surface area contributed by atoms with Crippen LogP contribution in [0.4, 0.5) is 0 Å². The highest BCUT2D eigenvalue weighted by Crippen LogP contribution is 2.31. The fraction of sp³-hybridized carbons (Fsp3) is 0.588. The number of hydrogen-bond donors (Lipinski definition) is 1. The molecule has 0 radical (unpaired) electrons. The second kappa shape index (κ2) is 7.05. The number of amides is 1. The van der Waals surface area contributed by atoms with Crippen LogP contribution in [0.15, 0.2) is 18.2 Å². The maximum Gasteiger partial charge on any atom is 0.223 e. The molecular formula is C17H26N2O2. The molecule has 1 aromatic carbocycles. The van der Waals surface area contributed by atoms with Gasteiger partial charge in [0.25, 0.3) is 0 Å². The lowest BCUT2D eigenvalue weighted by Gasteiger charge is -2.34. The van der Waals surface area contributed by atoms with Gasteiger partial charge in [0.1, 0.15) is 0 Å². The monoisotopic (exact) mass is 290 g/mol. The zero-order valence-corrected chi connectivity index (χ0v) is 13.3. The quantitative estimate of drug-likeness (QED) is 0.926. The van der Waals surface area contributed by atoms with Crippen LogP contribution >= 0.6 is 0 Å². The van der Waals surface area contributed by atoms with Crippen molar-refractivity contribution < 1.29 is 9.53 Å². The number of ether oxygens (including phenoxy) is 1. The summed E-state index contributed by atoms with van der Waals surface area (Å²) in [5, 5.41) is 0. The van der Waals surface area contributed by atoms with Gasteiger partial charge in [-0.3, -0.25) is 4.79 Å². The highest BCUT2D eigenvalue weighted by Gasteiger charge is 2.32. The minimum Gasteiger partial charge on any atom is -0.383 e. The molecule has 2 rings (SSSR count). The highest BCUT2D eigenvalue weighted by atomic mass is 16.5. The average Bonchev–Trinajstić information content (AvgIpc) is 2.59. The predicted molar refractivity (Wildman–Crippen MR) is 84.1 cm³/mol. The summed E-state index contributed by atoms with van der Waals surface area (Å²) in [7, 11) is 1.66. The van der Waals surface area contributed by atoms with Crippen molar-refractivity contribution in [3.8, 4) is 0 Å². The average molecular weight is 290 g/mol. The van der Waals surface area contributed by atoms with Gasteiger partial charge in [0.05, 0.1) is 12.6 Å². The van der Waals surface area contributed by atoms with Gasteiger partial charge in [0.15, 0.2) is 0 Å². The van der Waals surface area contributed by atoms with Gasteiger partial charge in [0.2, 0.25) is 5.91 Å². The third-order valence-electron chi connectivity index (χ3n) is 4.40. The van der Waals surface area contributed by atoms with E-state index in [0.717, 1.165) is 18.4 Å². The Bertz CT molecular complexity index is 502. The number of carbonyl (C=O) groups is 1. The first-order valence-corrected chi connectivity index (χ1v) is 7.65. The molecule has 21 heavy (non-hydrogen) atoms. The molecule has 1 aromatic rings. The van der Waals surface area contributed by atoms with Gasteiger partial charge in [0, 0.05) is 26.1 Å². The van der Waals surface area contributed by atoms with Gasteiger partial charge in [-0.2, -0.15) is 0 Å². The van der Waals surface area contributed by atoms with Gasteiger partial charge >= 0.3 is 0 Å². The lowest BCUT2D eigenvalue weighted by Crippen LogP contribution is -2.43.